The summed E-state index contributed by atoms with van der Waals surface area (Å²) in [7, 11) is 0. The van der Waals surface area contributed by atoms with Crippen LogP contribution < -0.4 is 5.32 Å². The molecule has 330 valence electrons. The van der Waals surface area contributed by atoms with E-state index in [1.165, 1.54) is 96.3 Å². The van der Waals surface area contributed by atoms with E-state index in [-0.39, 0.29) is 24.9 Å². The van der Waals surface area contributed by atoms with Crippen molar-refractivity contribution in [3.63, 3.8) is 0 Å². The van der Waals surface area contributed by atoms with E-state index < -0.39 is 18.2 Å². The van der Waals surface area contributed by atoms with Gasteiger partial charge < -0.3 is 20.3 Å². The second-order valence-corrected chi connectivity index (χ2v) is 16.2. The average molecular weight is 798 g/mol. The van der Waals surface area contributed by atoms with E-state index in [1.807, 2.05) is 30.4 Å². The van der Waals surface area contributed by atoms with Gasteiger partial charge in [-0.25, -0.2) is 0 Å². The minimum absolute atomic E-state index is 0.0496. The van der Waals surface area contributed by atoms with Gasteiger partial charge in [-0.05, 0) is 70.6 Å². The van der Waals surface area contributed by atoms with Gasteiger partial charge in [0.15, 0.2) is 0 Å². The van der Waals surface area contributed by atoms with Crippen molar-refractivity contribution >= 4 is 11.9 Å². The van der Waals surface area contributed by atoms with Gasteiger partial charge in [0.25, 0.3) is 0 Å². The number of carbonyl (C=O) groups is 2. The number of amides is 1. The molecule has 6 heteroatoms. The molecule has 0 radical (unpaired) electrons. The molecule has 6 nitrogen and oxygen atoms in total. The fourth-order valence-electron chi connectivity index (χ4n) is 7.02. The Hall–Kier alpha value is -2.44. The lowest BCUT2D eigenvalue weighted by atomic mass is 10.0. The van der Waals surface area contributed by atoms with Gasteiger partial charge in [-0.15, -0.1) is 0 Å². The summed E-state index contributed by atoms with van der Waals surface area (Å²) < 4.78 is 5.89. The third-order valence-corrected chi connectivity index (χ3v) is 10.7. The first-order valence-electron chi connectivity index (χ1n) is 24.1. The summed E-state index contributed by atoms with van der Waals surface area (Å²) in [6.45, 7) is 6.30. The number of esters is 1. The number of ether oxygens (including phenoxy) is 1. The Morgan fingerprint density at radius 1 is 0.526 bits per heavy atom. The second kappa shape index (κ2) is 44.7. The van der Waals surface area contributed by atoms with Crippen LogP contribution in [0.2, 0.25) is 0 Å². The fraction of sp³-hybridized carbons (Fsp3) is 0.765. The highest BCUT2D eigenvalue weighted by atomic mass is 16.5. The predicted octanol–water partition coefficient (Wildman–Crippen LogP) is 14.1. The van der Waals surface area contributed by atoms with Crippen molar-refractivity contribution in [3.8, 4) is 0 Å². The predicted molar refractivity (Wildman–Crippen MR) is 245 cm³/mol. The maximum atomic E-state index is 13.1. The minimum Gasteiger partial charge on any atom is -0.462 e. The van der Waals surface area contributed by atoms with E-state index in [2.05, 4.69) is 56.5 Å². The first kappa shape index (κ1) is 54.6. The highest BCUT2D eigenvalue weighted by Gasteiger charge is 2.24. The zero-order valence-electron chi connectivity index (χ0n) is 37.5. The van der Waals surface area contributed by atoms with E-state index in [9.17, 15) is 19.8 Å². The lowest BCUT2D eigenvalue weighted by molar-refractivity contribution is -0.151. The molecule has 0 saturated heterocycles. The molecule has 0 aromatic rings. The summed E-state index contributed by atoms with van der Waals surface area (Å²) in [5.41, 5.74) is 0. The van der Waals surface area contributed by atoms with Crippen molar-refractivity contribution < 1.29 is 24.5 Å². The van der Waals surface area contributed by atoms with Crippen LogP contribution >= 0.6 is 0 Å². The Morgan fingerprint density at radius 2 is 0.965 bits per heavy atom. The molecule has 3 unspecified atom stereocenters. The number of unbranched alkanes of at least 4 members (excludes halogenated alkanes) is 23. The standard InChI is InChI=1S/C51H91NO5/c1-4-7-10-13-16-19-21-23-24-25-27-28-31-33-36-39-42-47(57-51(56)44-41-38-35-32-29-26-22-20-17-14-11-8-5-2)45-50(55)52-48(46-53)49(54)43-40-37-34-30-18-15-12-9-6-3/h8,11,14,17,20,22,26-29,47-49,53-54H,4-7,9-10,12-13,15-16,18-19,21,23-25,30-46H2,1-3H3,(H,52,55)/b11-8+,17-14+,22-20-,28-27+,29-26-. The molecule has 0 aliphatic rings. The van der Waals surface area contributed by atoms with Crippen LogP contribution in [0.1, 0.15) is 226 Å². The zero-order valence-corrected chi connectivity index (χ0v) is 37.5. The van der Waals surface area contributed by atoms with E-state index in [1.54, 1.807) is 0 Å². The Bertz CT molecular complexity index is 1030. The van der Waals surface area contributed by atoms with Crippen LogP contribution in [0.4, 0.5) is 0 Å². The van der Waals surface area contributed by atoms with Crippen molar-refractivity contribution in [1.29, 1.82) is 0 Å². The maximum absolute atomic E-state index is 13.1. The van der Waals surface area contributed by atoms with Crippen LogP contribution in [0.5, 0.6) is 0 Å². The van der Waals surface area contributed by atoms with E-state index in [0.717, 1.165) is 83.5 Å². The van der Waals surface area contributed by atoms with Gasteiger partial charge in [0, 0.05) is 6.42 Å². The highest BCUT2D eigenvalue weighted by Crippen LogP contribution is 2.17. The lowest BCUT2D eigenvalue weighted by Crippen LogP contribution is -2.46. The van der Waals surface area contributed by atoms with Crippen LogP contribution in [-0.2, 0) is 14.3 Å². The van der Waals surface area contributed by atoms with Crippen molar-refractivity contribution in [1.82, 2.24) is 5.32 Å². The first-order chi connectivity index (χ1) is 28.0. The Labute approximate surface area is 352 Å². The molecular formula is C51H91NO5. The summed E-state index contributed by atoms with van der Waals surface area (Å²) in [5, 5.41) is 23.6. The second-order valence-electron chi connectivity index (χ2n) is 16.2. The molecular weight excluding hydrogens is 707 g/mol. The molecule has 0 spiro atoms. The molecule has 0 aromatic carbocycles. The topological polar surface area (TPSA) is 95.9 Å². The smallest absolute Gasteiger partial charge is 0.306 e. The Balaban J connectivity index is 4.69. The fourth-order valence-corrected chi connectivity index (χ4v) is 7.02. The summed E-state index contributed by atoms with van der Waals surface area (Å²) in [6.07, 6.45) is 54.3. The number of rotatable bonds is 42. The molecule has 0 heterocycles. The van der Waals surface area contributed by atoms with Gasteiger partial charge in [0.2, 0.25) is 5.91 Å². The molecule has 0 aromatic heterocycles. The monoisotopic (exact) mass is 798 g/mol. The van der Waals surface area contributed by atoms with E-state index >= 15 is 0 Å². The van der Waals surface area contributed by atoms with E-state index in [0.29, 0.717) is 19.3 Å². The number of allylic oxidation sites excluding steroid dienone is 10. The van der Waals surface area contributed by atoms with Crippen molar-refractivity contribution in [2.75, 3.05) is 6.61 Å². The zero-order chi connectivity index (χ0) is 41.7. The van der Waals surface area contributed by atoms with Gasteiger partial charge in [0.05, 0.1) is 25.2 Å². The van der Waals surface area contributed by atoms with Crippen LogP contribution in [0, 0.1) is 0 Å². The van der Waals surface area contributed by atoms with Gasteiger partial charge in [-0.1, -0.05) is 204 Å². The number of carbonyl (C=O) groups excluding carboxylic acids is 2. The number of aliphatic hydroxyl groups excluding tert-OH is 2. The molecule has 0 aliphatic heterocycles. The third kappa shape index (κ3) is 40.1. The van der Waals surface area contributed by atoms with Gasteiger partial charge in [-0.2, -0.15) is 0 Å². The van der Waals surface area contributed by atoms with E-state index in [4.69, 9.17) is 4.74 Å². The molecule has 0 saturated carbocycles. The SMILES string of the molecule is CC/C=C/C=C/C=C\C=C/CCCCCC(=O)OC(CCCCC/C=C/CCCCCCCCCCC)CC(=O)NC(CO)C(O)CCCCCCCCCCC. The van der Waals surface area contributed by atoms with Crippen LogP contribution in [-0.4, -0.2) is 46.9 Å². The number of hydrogen-bond acceptors (Lipinski definition) is 5. The summed E-state index contributed by atoms with van der Waals surface area (Å²) in [6, 6.07) is -0.714. The molecule has 0 bridgehead atoms. The lowest BCUT2D eigenvalue weighted by Gasteiger charge is -2.24. The normalized spacial score (nSPS) is 13.8. The van der Waals surface area contributed by atoms with Gasteiger partial charge in [0.1, 0.15) is 6.10 Å². The van der Waals surface area contributed by atoms with Gasteiger partial charge >= 0.3 is 5.97 Å². The molecule has 1 amide bonds. The summed E-state index contributed by atoms with van der Waals surface area (Å²) >= 11 is 0. The minimum atomic E-state index is -0.798. The van der Waals surface area contributed by atoms with Gasteiger partial charge in [-0.3, -0.25) is 9.59 Å². The summed E-state index contributed by atoms with van der Waals surface area (Å²) in [5.74, 6) is -0.537. The van der Waals surface area contributed by atoms with Crippen molar-refractivity contribution in [2.45, 2.75) is 244 Å². The van der Waals surface area contributed by atoms with Crippen molar-refractivity contribution in [2.24, 2.45) is 0 Å². The Morgan fingerprint density at radius 3 is 1.51 bits per heavy atom. The number of hydrogen-bond donors (Lipinski definition) is 3. The van der Waals surface area contributed by atoms with Crippen LogP contribution in [0.3, 0.4) is 0 Å². The molecule has 57 heavy (non-hydrogen) atoms. The molecule has 0 fully saturated rings. The average Bonchev–Trinajstić information content (AvgIpc) is 3.20. The molecule has 0 rings (SSSR count). The molecule has 3 atom stereocenters. The largest absolute Gasteiger partial charge is 0.462 e. The molecule has 3 N–H and O–H groups in total. The molecule has 0 aliphatic carbocycles. The van der Waals surface area contributed by atoms with Crippen molar-refractivity contribution in [3.05, 3.63) is 60.8 Å². The quantitative estimate of drug-likeness (QED) is 0.0247. The third-order valence-electron chi connectivity index (χ3n) is 10.7. The number of aliphatic hydroxyl groups is 2. The number of nitrogens with one attached hydrogen (secondary N) is 1. The van der Waals surface area contributed by atoms with Crippen LogP contribution in [0.15, 0.2) is 60.8 Å². The first-order valence-corrected chi connectivity index (χ1v) is 24.1. The van der Waals surface area contributed by atoms with Crippen LogP contribution in [0.25, 0.3) is 0 Å². The highest BCUT2D eigenvalue weighted by molar-refractivity contribution is 5.77. The summed E-state index contributed by atoms with van der Waals surface area (Å²) in [4.78, 5) is 26.0. The Kier molecular flexibility index (Phi) is 42.7. The maximum Gasteiger partial charge on any atom is 0.306 e.